The summed E-state index contributed by atoms with van der Waals surface area (Å²) >= 11 is 6.09. The number of primary amides is 1. The highest BCUT2D eigenvalue weighted by Crippen LogP contribution is 2.29. The largest absolute Gasteiger partial charge is 0.497 e. The molecule has 2 aromatic rings. The summed E-state index contributed by atoms with van der Waals surface area (Å²) in [6.45, 7) is 3.61. The van der Waals surface area contributed by atoms with Gasteiger partial charge in [0, 0.05) is 25.7 Å². The molecule has 0 saturated carbocycles. The molecule has 0 spiro atoms. The zero-order valence-corrected chi connectivity index (χ0v) is 21.4. The van der Waals surface area contributed by atoms with Crippen molar-refractivity contribution < 1.29 is 28.5 Å². The van der Waals surface area contributed by atoms with Gasteiger partial charge < -0.3 is 35.7 Å². The number of ether oxygens (including phenoxy) is 4. The first-order valence-corrected chi connectivity index (χ1v) is 12.0. The fourth-order valence-electron chi connectivity index (χ4n) is 4.16. The molecule has 0 aliphatic carbocycles. The minimum Gasteiger partial charge on any atom is -0.497 e. The minimum atomic E-state index is -0.860. The molecule has 0 bridgehead atoms. The van der Waals surface area contributed by atoms with Crippen LogP contribution in [-0.4, -0.2) is 63.1 Å². The SMILES string of the molecule is COc1ccc(OC(C(C)OC(N)=O)N2CCC(CNC(=O)c3cc(Cl)c(N)cc3OC)CC2)cc1. The van der Waals surface area contributed by atoms with Gasteiger partial charge in [0.2, 0.25) is 0 Å². The van der Waals surface area contributed by atoms with Crippen molar-refractivity contribution in [1.82, 2.24) is 10.2 Å². The fraction of sp³-hybridized carbons (Fsp3) is 0.440. The van der Waals surface area contributed by atoms with Crippen LogP contribution >= 0.6 is 11.6 Å². The Hall–Kier alpha value is -3.37. The highest BCUT2D eigenvalue weighted by Gasteiger charge is 2.32. The van der Waals surface area contributed by atoms with Gasteiger partial charge in [0.1, 0.15) is 17.2 Å². The van der Waals surface area contributed by atoms with Gasteiger partial charge in [-0.2, -0.15) is 0 Å². The standard InChI is InChI=1S/C25H33ClN4O6/c1-15(35-25(28)32)24(36-18-6-4-17(33-2)5-7-18)30-10-8-16(9-11-30)14-29-23(31)19-12-20(26)21(27)13-22(19)34-3/h4-7,12-13,15-16,24H,8-11,14,27H2,1-3H3,(H2,28,32)(H,29,31). The van der Waals surface area contributed by atoms with E-state index in [1.165, 1.54) is 19.2 Å². The third-order valence-corrected chi connectivity index (χ3v) is 6.47. The summed E-state index contributed by atoms with van der Waals surface area (Å²) in [4.78, 5) is 26.2. The Balaban J connectivity index is 1.59. The Bertz CT molecular complexity index is 1040. The van der Waals surface area contributed by atoms with E-state index in [4.69, 9.17) is 42.0 Å². The van der Waals surface area contributed by atoms with Crippen LogP contribution in [0.1, 0.15) is 30.1 Å². The van der Waals surface area contributed by atoms with E-state index in [1.807, 2.05) is 0 Å². The van der Waals surface area contributed by atoms with Gasteiger partial charge in [0.15, 0.2) is 12.3 Å². The summed E-state index contributed by atoms with van der Waals surface area (Å²) in [5.74, 6) is 1.68. The average molecular weight is 521 g/mol. The second kappa shape index (κ2) is 12.5. The number of piperidine rings is 1. The second-order valence-corrected chi connectivity index (χ2v) is 9.00. The number of methoxy groups -OCH3 is 2. The van der Waals surface area contributed by atoms with Gasteiger partial charge >= 0.3 is 6.09 Å². The molecule has 1 aliphatic rings. The monoisotopic (exact) mass is 520 g/mol. The van der Waals surface area contributed by atoms with Gasteiger partial charge in [-0.15, -0.1) is 0 Å². The van der Waals surface area contributed by atoms with Gasteiger partial charge in [0.05, 0.1) is 30.5 Å². The first-order chi connectivity index (χ1) is 17.2. The number of likely N-dealkylation sites (tertiary alicyclic amines) is 1. The fourth-order valence-corrected chi connectivity index (χ4v) is 4.33. The van der Waals surface area contributed by atoms with Crippen molar-refractivity contribution in [1.29, 1.82) is 0 Å². The van der Waals surface area contributed by atoms with Crippen molar-refractivity contribution in [3.05, 3.63) is 47.0 Å². The van der Waals surface area contributed by atoms with Gasteiger partial charge in [-0.1, -0.05) is 11.6 Å². The summed E-state index contributed by atoms with van der Waals surface area (Å²) in [5.41, 5.74) is 11.7. The zero-order chi connectivity index (χ0) is 26.2. The molecule has 3 rings (SSSR count). The maximum absolute atomic E-state index is 12.8. The van der Waals surface area contributed by atoms with Crippen molar-refractivity contribution in [3.8, 4) is 17.2 Å². The molecule has 36 heavy (non-hydrogen) atoms. The lowest BCUT2D eigenvalue weighted by Crippen LogP contribution is -2.52. The third kappa shape index (κ3) is 7.08. The number of hydrogen-bond donors (Lipinski definition) is 3. The van der Waals surface area contributed by atoms with Crippen molar-refractivity contribution in [2.24, 2.45) is 11.7 Å². The highest BCUT2D eigenvalue weighted by molar-refractivity contribution is 6.33. The maximum atomic E-state index is 12.8. The third-order valence-electron chi connectivity index (χ3n) is 6.14. The van der Waals surface area contributed by atoms with Crippen LogP contribution < -0.4 is 31.0 Å². The predicted molar refractivity (Wildman–Crippen MR) is 137 cm³/mol. The number of rotatable bonds is 10. The van der Waals surface area contributed by atoms with E-state index >= 15 is 0 Å². The number of benzene rings is 2. The van der Waals surface area contributed by atoms with Crippen LogP contribution in [0.4, 0.5) is 10.5 Å². The van der Waals surface area contributed by atoms with E-state index in [9.17, 15) is 9.59 Å². The van der Waals surface area contributed by atoms with E-state index in [-0.39, 0.29) is 11.8 Å². The van der Waals surface area contributed by atoms with Gasteiger partial charge in [0.25, 0.3) is 5.91 Å². The van der Waals surface area contributed by atoms with Crippen molar-refractivity contribution >= 4 is 29.3 Å². The number of carbonyl (C=O) groups is 2. The molecule has 1 heterocycles. The van der Waals surface area contributed by atoms with Crippen LogP contribution in [0.3, 0.4) is 0 Å². The smallest absolute Gasteiger partial charge is 0.404 e. The quantitative estimate of drug-likeness (QED) is 0.406. The number of amides is 2. The van der Waals surface area contributed by atoms with Gasteiger partial charge in [-0.25, -0.2) is 4.79 Å². The molecule has 10 nitrogen and oxygen atoms in total. The summed E-state index contributed by atoms with van der Waals surface area (Å²) in [6.07, 6.45) is -0.356. The van der Waals surface area contributed by atoms with Crippen LogP contribution in [0.2, 0.25) is 5.02 Å². The van der Waals surface area contributed by atoms with E-state index in [2.05, 4.69) is 10.2 Å². The molecule has 5 N–H and O–H groups in total. The topological polar surface area (TPSA) is 138 Å². The maximum Gasteiger partial charge on any atom is 0.404 e. The minimum absolute atomic E-state index is 0.259. The summed E-state index contributed by atoms with van der Waals surface area (Å²) in [6, 6.07) is 10.2. The molecular formula is C25H33ClN4O6. The van der Waals surface area contributed by atoms with E-state index in [0.717, 1.165) is 12.8 Å². The normalized spacial score (nSPS) is 16.0. The van der Waals surface area contributed by atoms with Crippen LogP contribution in [0.15, 0.2) is 36.4 Å². The molecule has 2 aromatic carbocycles. The van der Waals surface area contributed by atoms with E-state index in [0.29, 0.717) is 53.2 Å². The molecule has 11 heteroatoms. The number of nitrogens with two attached hydrogens (primary N) is 2. The molecule has 1 fully saturated rings. The van der Waals surface area contributed by atoms with Crippen LogP contribution in [0, 0.1) is 5.92 Å². The van der Waals surface area contributed by atoms with Crippen LogP contribution in [0.5, 0.6) is 17.2 Å². The molecule has 0 radical (unpaired) electrons. The van der Waals surface area contributed by atoms with E-state index in [1.54, 1.807) is 38.3 Å². The van der Waals surface area contributed by atoms with Crippen LogP contribution in [-0.2, 0) is 4.74 Å². The van der Waals surface area contributed by atoms with E-state index < -0.39 is 18.4 Å². The number of anilines is 1. The van der Waals surface area contributed by atoms with Crippen molar-refractivity contribution in [2.75, 3.05) is 39.6 Å². The summed E-state index contributed by atoms with van der Waals surface area (Å²) < 4.78 is 21.9. The number of hydrogen-bond acceptors (Lipinski definition) is 8. The average Bonchev–Trinajstić information content (AvgIpc) is 2.87. The Morgan fingerprint density at radius 1 is 1.11 bits per heavy atom. The van der Waals surface area contributed by atoms with Gasteiger partial charge in [-0.3, -0.25) is 9.69 Å². The summed E-state index contributed by atoms with van der Waals surface area (Å²) in [7, 11) is 3.07. The Labute approximate surface area is 215 Å². The van der Waals surface area contributed by atoms with Crippen molar-refractivity contribution in [2.45, 2.75) is 32.1 Å². The second-order valence-electron chi connectivity index (χ2n) is 8.59. The lowest BCUT2D eigenvalue weighted by atomic mass is 9.96. The molecule has 2 unspecified atom stereocenters. The van der Waals surface area contributed by atoms with Crippen LogP contribution in [0.25, 0.3) is 0 Å². The molecular weight excluding hydrogens is 488 g/mol. The lowest BCUT2D eigenvalue weighted by molar-refractivity contribution is -0.0728. The molecule has 2 amide bonds. The Morgan fingerprint density at radius 2 is 1.75 bits per heavy atom. The van der Waals surface area contributed by atoms with Gasteiger partial charge in [-0.05, 0) is 56.0 Å². The number of nitrogens with zero attached hydrogens (tertiary/aromatic N) is 1. The number of halogens is 1. The first-order valence-electron chi connectivity index (χ1n) is 11.6. The predicted octanol–water partition coefficient (Wildman–Crippen LogP) is 3.27. The molecule has 1 aliphatic heterocycles. The molecule has 196 valence electrons. The Morgan fingerprint density at radius 3 is 2.33 bits per heavy atom. The highest BCUT2D eigenvalue weighted by atomic mass is 35.5. The van der Waals surface area contributed by atoms with Crippen molar-refractivity contribution in [3.63, 3.8) is 0 Å². The Kier molecular flexibility index (Phi) is 9.49. The molecule has 1 saturated heterocycles. The zero-order valence-electron chi connectivity index (χ0n) is 20.7. The number of nitrogen functional groups attached to an aromatic ring is 1. The molecule has 0 aromatic heterocycles. The first kappa shape index (κ1) is 27.2. The number of carbonyl (C=O) groups excluding carboxylic acids is 2. The lowest BCUT2D eigenvalue weighted by Gasteiger charge is -2.39. The molecule has 2 atom stereocenters. The summed E-state index contributed by atoms with van der Waals surface area (Å²) in [5, 5.41) is 3.26. The number of nitrogens with one attached hydrogen (secondary N) is 1.